The molecule has 0 bridgehead atoms. The molecule has 0 saturated carbocycles. The number of ether oxygens (including phenoxy) is 2. The van der Waals surface area contributed by atoms with E-state index in [1.807, 2.05) is 30.5 Å². The van der Waals surface area contributed by atoms with Gasteiger partial charge in [0.05, 0.1) is 20.8 Å². The Hall–Kier alpha value is -2.82. The molecule has 27 heavy (non-hydrogen) atoms. The van der Waals surface area contributed by atoms with Gasteiger partial charge in [0.25, 0.3) is 0 Å². The van der Waals surface area contributed by atoms with Gasteiger partial charge < -0.3 is 20.5 Å². The molecule has 0 aliphatic heterocycles. The Balaban J connectivity index is 0.00000261. The highest BCUT2D eigenvalue weighted by Crippen LogP contribution is 2.29. The summed E-state index contributed by atoms with van der Waals surface area (Å²) in [6, 6.07) is 11.1. The van der Waals surface area contributed by atoms with Crippen LogP contribution in [0.4, 0.5) is 5.69 Å². The van der Waals surface area contributed by atoms with Crippen molar-refractivity contribution in [3.05, 3.63) is 60.6 Å². The van der Waals surface area contributed by atoms with E-state index >= 15 is 0 Å². The van der Waals surface area contributed by atoms with Gasteiger partial charge in [0, 0.05) is 30.3 Å². The number of nitrogens with zero attached hydrogens (tertiary/aromatic N) is 4. The molecule has 0 radical (unpaired) electrons. The number of benzene rings is 1. The summed E-state index contributed by atoms with van der Waals surface area (Å²) in [7, 11) is 3.17. The zero-order chi connectivity index (χ0) is 18.4. The van der Waals surface area contributed by atoms with E-state index in [0.29, 0.717) is 24.0 Å². The number of pyridine rings is 1. The SMILES string of the molecule is COc1ccc(NC(N)=NCc2ccnc(-n3cccn3)c2)cc1OC.I. The number of nitrogens with one attached hydrogen (secondary N) is 1. The van der Waals surface area contributed by atoms with Crippen LogP contribution in [0.2, 0.25) is 0 Å². The minimum absolute atomic E-state index is 0. The van der Waals surface area contributed by atoms with Crippen LogP contribution in [0.15, 0.2) is 60.0 Å². The van der Waals surface area contributed by atoms with E-state index in [1.165, 1.54) is 0 Å². The molecular formula is C18H21IN6O2. The maximum Gasteiger partial charge on any atom is 0.193 e. The number of halogens is 1. The van der Waals surface area contributed by atoms with Crippen molar-refractivity contribution >= 4 is 35.6 Å². The quantitative estimate of drug-likeness (QED) is 0.320. The molecule has 3 rings (SSSR count). The summed E-state index contributed by atoms with van der Waals surface area (Å²) in [5.41, 5.74) is 7.72. The number of guanidine groups is 1. The van der Waals surface area contributed by atoms with Crippen molar-refractivity contribution in [3.63, 3.8) is 0 Å². The van der Waals surface area contributed by atoms with Crippen molar-refractivity contribution < 1.29 is 9.47 Å². The number of hydrogen-bond donors (Lipinski definition) is 2. The summed E-state index contributed by atoms with van der Waals surface area (Å²) in [5.74, 6) is 2.29. The number of hydrogen-bond acceptors (Lipinski definition) is 5. The largest absolute Gasteiger partial charge is 0.493 e. The lowest BCUT2D eigenvalue weighted by Gasteiger charge is -2.11. The summed E-state index contributed by atoms with van der Waals surface area (Å²) in [6.45, 7) is 0.420. The van der Waals surface area contributed by atoms with Gasteiger partial charge in [0.15, 0.2) is 23.3 Å². The molecule has 0 spiro atoms. The van der Waals surface area contributed by atoms with Crippen LogP contribution in [0.25, 0.3) is 5.82 Å². The maximum absolute atomic E-state index is 5.98. The Bertz CT molecular complexity index is 899. The van der Waals surface area contributed by atoms with Crippen LogP contribution >= 0.6 is 24.0 Å². The van der Waals surface area contributed by atoms with Gasteiger partial charge in [0.2, 0.25) is 0 Å². The lowest BCUT2D eigenvalue weighted by atomic mass is 10.2. The molecular weight excluding hydrogens is 459 g/mol. The molecule has 142 valence electrons. The van der Waals surface area contributed by atoms with Crippen molar-refractivity contribution in [1.29, 1.82) is 0 Å². The first-order valence-corrected chi connectivity index (χ1v) is 7.93. The van der Waals surface area contributed by atoms with E-state index in [-0.39, 0.29) is 24.0 Å². The average Bonchev–Trinajstić information content (AvgIpc) is 3.21. The predicted octanol–water partition coefficient (Wildman–Crippen LogP) is 2.83. The number of aromatic nitrogens is 3. The van der Waals surface area contributed by atoms with E-state index in [4.69, 9.17) is 15.2 Å². The highest BCUT2D eigenvalue weighted by atomic mass is 127. The Morgan fingerprint density at radius 3 is 2.67 bits per heavy atom. The van der Waals surface area contributed by atoms with E-state index in [1.54, 1.807) is 43.4 Å². The molecule has 3 N–H and O–H groups in total. The smallest absolute Gasteiger partial charge is 0.193 e. The fourth-order valence-corrected chi connectivity index (χ4v) is 2.37. The van der Waals surface area contributed by atoms with Crippen LogP contribution in [-0.4, -0.2) is 34.9 Å². The Morgan fingerprint density at radius 1 is 1.15 bits per heavy atom. The second-order valence-electron chi connectivity index (χ2n) is 5.37. The zero-order valence-electron chi connectivity index (χ0n) is 15.0. The fraction of sp³-hybridized carbons (Fsp3) is 0.167. The van der Waals surface area contributed by atoms with E-state index in [2.05, 4.69) is 20.4 Å². The first-order valence-electron chi connectivity index (χ1n) is 7.93. The second-order valence-corrected chi connectivity index (χ2v) is 5.37. The minimum Gasteiger partial charge on any atom is -0.493 e. The van der Waals surface area contributed by atoms with Gasteiger partial charge in [-0.25, -0.2) is 14.7 Å². The fourth-order valence-electron chi connectivity index (χ4n) is 2.37. The van der Waals surface area contributed by atoms with Crippen molar-refractivity contribution in [2.24, 2.45) is 10.7 Å². The van der Waals surface area contributed by atoms with Crippen LogP contribution in [0.3, 0.4) is 0 Å². The molecule has 0 unspecified atom stereocenters. The van der Waals surface area contributed by atoms with Gasteiger partial charge in [-0.2, -0.15) is 5.10 Å². The third kappa shape index (κ3) is 5.33. The molecule has 0 atom stereocenters. The first kappa shape index (κ1) is 20.5. The predicted molar refractivity (Wildman–Crippen MR) is 115 cm³/mol. The van der Waals surface area contributed by atoms with E-state index < -0.39 is 0 Å². The maximum atomic E-state index is 5.98. The van der Waals surface area contributed by atoms with E-state index in [9.17, 15) is 0 Å². The molecule has 8 nitrogen and oxygen atoms in total. The summed E-state index contributed by atoms with van der Waals surface area (Å²) in [5, 5.41) is 7.21. The standard InChI is InChI=1S/C18H20N6O2.HI/c1-25-15-5-4-14(11-16(15)26-2)23-18(19)21-12-13-6-8-20-17(10-13)24-9-3-7-22-24;/h3-11H,12H2,1-2H3,(H3,19,21,23);1H. The molecule has 0 aliphatic carbocycles. The monoisotopic (exact) mass is 480 g/mol. The third-order valence-corrected chi connectivity index (χ3v) is 3.64. The molecule has 3 aromatic rings. The van der Waals surface area contributed by atoms with Gasteiger partial charge in [-0.15, -0.1) is 24.0 Å². The Labute approximate surface area is 174 Å². The summed E-state index contributed by atoms with van der Waals surface area (Å²) in [6.07, 6.45) is 5.26. The summed E-state index contributed by atoms with van der Waals surface area (Å²) >= 11 is 0. The molecule has 2 aromatic heterocycles. The number of methoxy groups -OCH3 is 2. The Kier molecular flexibility index (Phi) is 7.41. The molecule has 0 amide bonds. The molecule has 0 fully saturated rings. The van der Waals surface area contributed by atoms with Crippen molar-refractivity contribution in [2.75, 3.05) is 19.5 Å². The lowest BCUT2D eigenvalue weighted by Crippen LogP contribution is -2.22. The molecule has 0 aliphatic rings. The van der Waals surface area contributed by atoms with Crippen molar-refractivity contribution in [1.82, 2.24) is 14.8 Å². The number of nitrogens with two attached hydrogens (primary N) is 1. The Morgan fingerprint density at radius 2 is 1.96 bits per heavy atom. The van der Waals surface area contributed by atoms with Crippen molar-refractivity contribution in [3.8, 4) is 17.3 Å². The zero-order valence-corrected chi connectivity index (χ0v) is 17.3. The van der Waals surface area contributed by atoms with Crippen LogP contribution < -0.4 is 20.5 Å². The first-order chi connectivity index (χ1) is 12.7. The summed E-state index contributed by atoms with van der Waals surface area (Å²) in [4.78, 5) is 8.66. The number of aliphatic imine (C=N–C) groups is 1. The van der Waals surface area contributed by atoms with E-state index in [0.717, 1.165) is 17.1 Å². The average molecular weight is 480 g/mol. The van der Waals surface area contributed by atoms with Crippen LogP contribution in [-0.2, 0) is 6.54 Å². The molecule has 2 heterocycles. The third-order valence-electron chi connectivity index (χ3n) is 3.64. The number of anilines is 1. The molecule has 0 saturated heterocycles. The van der Waals surface area contributed by atoms with Crippen LogP contribution in [0.1, 0.15) is 5.56 Å². The molecule has 9 heteroatoms. The number of rotatable bonds is 6. The minimum atomic E-state index is 0. The second kappa shape index (κ2) is 9.76. The highest BCUT2D eigenvalue weighted by molar-refractivity contribution is 14.0. The van der Waals surface area contributed by atoms with Crippen LogP contribution in [0, 0.1) is 0 Å². The van der Waals surface area contributed by atoms with Gasteiger partial charge in [-0.1, -0.05) is 0 Å². The van der Waals surface area contributed by atoms with Gasteiger partial charge in [0.1, 0.15) is 0 Å². The highest BCUT2D eigenvalue weighted by Gasteiger charge is 2.05. The lowest BCUT2D eigenvalue weighted by molar-refractivity contribution is 0.355. The van der Waals surface area contributed by atoms with Gasteiger partial charge in [-0.3, -0.25) is 0 Å². The van der Waals surface area contributed by atoms with Crippen LogP contribution in [0.5, 0.6) is 11.5 Å². The topological polar surface area (TPSA) is 99.6 Å². The van der Waals surface area contributed by atoms with Gasteiger partial charge in [-0.05, 0) is 35.9 Å². The molecule has 1 aromatic carbocycles. The summed E-state index contributed by atoms with van der Waals surface area (Å²) < 4.78 is 12.2. The van der Waals surface area contributed by atoms with Gasteiger partial charge >= 0.3 is 0 Å². The van der Waals surface area contributed by atoms with Crippen molar-refractivity contribution in [2.45, 2.75) is 6.54 Å². The normalized spacial score (nSPS) is 10.8.